The van der Waals surface area contributed by atoms with Gasteiger partial charge in [0.1, 0.15) is 0 Å². The molecule has 2 rings (SSSR count). The van der Waals surface area contributed by atoms with Crippen LogP contribution in [-0.2, 0) is 4.79 Å². The molecule has 0 N–H and O–H groups in total. The van der Waals surface area contributed by atoms with E-state index in [2.05, 4.69) is 25.7 Å². The monoisotopic (exact) mass is 233 g/mol. The van der Waals surface area contributed by atoms with Gasteiger partial charge in [-0.25, -0.2) is 0 Å². The second-order valence-corrected chi connectivity index (χ2v) is 6.08. The summed E-state index contributed by atoms with van der Waals surface area (Å²) in [7, 11) is 0. The highest BCUT2D eigenvalue weighted by atomic mass is 16.2. The van der Waals surface area contributed by atoms with Gasteiger partial charge in [0.2, 0.25) is 0 Å². The summed E-state index contributed by atoms with van der Waals surface area (Å²) in [4.78, 5) is 13.6. The highest BCUT2D eigenvalue weighted by Gasteiger charge is 2.46. The van der Waals surface area contributed by atoms with Crippen LogP contribution in [0.3, 0.4) is 0 Å². The van der Waals surface area contributed by atoms with Crippen molar-refractivity contribution in [1.29, 1.82) is 0 Å². The third-order valence-corrected chi connectivity index (χ3v) is 4.68. The van der Waals surface area contributed by atoms with Crippen LogP contribution >= 0.6 is 0 Å². The van der Waals surface area contributed by atoms with Gasteiger partial charge in [0.25, 0.3) is 5.91 Å². The Bertz CT molecular complexity index is 345. The first-order valence-corrected chi connectivity index (χ1v) is 6.78. The van der Waals surface area contributed by atoms with E-state index in [0.717, 1.165) is 24.9 Å². The lowest BCUT2D eigenvalue weighted by molar-refractivity contribution is -0.129. The fraction of sp³-hybridized carbons (Fsp3) is 0.800. The first kappa shape index (κ1) is 12.5. The predicted molar refractivity (Wildman–Crippen MR) is 69.3 cm³/mol. The van der Waals surface area contributed by atoms with Gasteiger partial charge in [-0.2, -0.15) is 0 Å². The Morgan fingerprint density at radius 2 is 1.88 bits per heavy atom. The minimum atomic E-state index is 0.0158. The minimum Gasteiger partial charge on any atom is -0.332 e. The van der Waals surface area contributed by atoms with Gasteiger partial charge in [-0.15, -0.1) is 0 Å². The van der Waals surface area contributed by atoms with Crippen molar-refractivity contribution in [3.05, 3.63) is 0 Å². The molecule has 1 saturated carbocycles. The average molecular weight is 233 g/mol. The summed E-state index contributed by atoms with van der Waals surface area (Å²) >= 11 is 0. The van der Waals surface area contributed by atoms with Crippen LogP contribution in [0, 0.1) is 29.1 Å². The Kier molecular flexibility index (Phi) is 3.47. The van der Waals surface area contributed by atoms with Gasteiger partial charge < -0.3 is 4.90 Å². The molecule has 17 heavy (non-hydrogen) atoms. The third kappa shape index (κ3) is 2.49. The van der Waals surface area contributed by atoms with Crippen molar-refractivity contribution < 1.29 is 4.79 Å². The molecule has 0 unspecified atom stereocenters. The maximum Gasteiger partial charge on any atom is 0.298 e. The lowest BCUT2D eigenvalue weighted by atomic mass is 9.55. The molecule has 0 aromatic heterocycles. The molecule has 0 aromatic carbocycles. The molecule has 1 saturated heterocycles. The molecule has 1 amide bonds. The first-order valence-electron chi connectivity index (χ1n) is 6.78. The Balaban J connectivity index is 1.83. The van der Waals surface area contributed by atoms with E-state index in [1.54, 1.807) is 6.92 Å². The Morgan fingerprint density at radius 3 is 2.35 bits per heavy atom. The number of carbonyl (C=O) groups is 1. The van der Waals surface area contributed by atoms with Gasteiger partial charge in [-0.1, -0.05) is 19.8 Å². The summed E-state index contributed by atoms with van der Waals surface area (Å²) in [6.07, 6.45) is 5.14. The van der Waals surface area contributed by atoms with Gasteiger partial charge in [0.05, 0.1) is 0 Å². The number of nitrogens with zero attached hydrogens (tertiary/aromatic N) is 1. The Labute approximate surface area is 105 Å². The van der Waals surface area contributed by atoms with Gasteiger partial charge in [0.15, 0.2) is 0 Å². The van der Waals surface area contributed by atoms with E-state index < -0.39 is 0 Å². The normalized spacial score (nSPS) is 23.2. The molecule has 2 aliphatic rings. The van der Waals surface area contributed by atoms with Crippen LogP contribution in [0.4, 0.5) is 0 Å². The number of hydrogen-bond acceptors (Lipinski definition) is 1. The van der Waals surface area contributed by atoms with E-state index >= 15 is 0 Å². The van der Waals surface area contributed by atoms with E-state index in [-0.39, 0.29) is 5.91 Å². The molecule has 1 spiro atoms. The number of carbonyl (C=O) groups excluding carboxylic acids is 1. The van der Waals surface area contributed by atoms with E-state index in [9.17, 15) is 4.79 Å². The summed E-state index contributed by atoms with van der Waals surface area (Å²) in [6.45, 7) is 8.21. The zero-order chi connectivity index (χ0) is 12.5. The van der Waals surface area contributed by atoms with Gasteiger partial charge in [0, 0.05) is 13.1 Å². The van der Waals surface area contributed by atoms with Crippen molar-refractivity contribution in [2.24, 2.45) is 17.3 Å². The number of likely N-dealkylation sites (tertiary alicyclic amines) is 1. The largest absolute Gasteiger partial charge is 0.332 e. The molecule has 1 heterocycles. The van der Waals surface area contributed by atoms with Crippen LogP contribution in [0.5, 0.6) is 0 Å². The Hall–Kier alpha value is -0.970. The summed E-state index contributed by atoms with van der Waals surface area (Å²) in [6, 6.07) is 0. The Morgan fingerprint density at radius 1 is 1.29 bits per heavy atom. The van der Waals surface area contributed by atoms with E-state index in [0.29, 0.717) is 5.41 Å². The van der Waals surface area contributed by atoms with Gasteiger partial charge in [-0.3, -0.25) is 4.79 Å². The second kappa shape index (κ2) is 4.72. The zero-order valence-corrected chi connectivity index (χ0v) is 11.3. The molecule has 2 fully saturated rings. The van der Waals surface area contributed by atoms with Crippen LogP contribution in [-0.4, -0.2) is 23.9 Å². The highest BCUT2D eigenvalue weighted by Crippen LogP contribution is 2.54. The topological polar surface area (TPSA) is 20.3 Å². The van der Waals surface area contributed by atoms with Crippen LogP contribution in [0.1, 0.15) is 46.5 Å². The van der Waals surface area contributed by atoms with Crippen LogP contribution in [0.15, 0.2) is 0 Å². The molecule has 0 aromatic rings. The summed E-state index contributed by atoms with van der Waals surface area (Å²) < 4.78 is 0. The van der Waals surface area contributed by atoms with Crippen LogP contribution in [0.2, 0.25) is 0 Å². The SMILES string of the molecule is CC#CC(=O)N1CCC2(CC1)CC(C(C)C)C2. The smallest absolute Gasteiger partial charge is 0.298 e. The number of piperidine rings is 1. The fourth-order valence-corrected chi connectivity index (χ4v) is 3.30. The quantitative estimate of drug-likeness (QED) is 0.638. The van der Waals surface area contributed by atoms with E-state index in [1.807, 2.05) is 4.90 Å². The lowest BCUT2D eigenvalue weighted by Crippen LogP contribution is -2.49. The van der Waals surface area contributed by atoms with Crippen LogP contribution in [0.25, 0.3) is 0 Å². The van der Waals surface area contributed by atoms with Gasteiger partial charge >= 0.3 is 0 Å². The van der Waals surface area contributed by atoms with Crippen molar-refractivity contribution in [3.8, 4) is 11.8 Å². The summed E-state index contributed by atoms with van der Waals surface area (Å²) in [5.74, 6) is 7.10. The van der Waals surface area contributed by atoms with Crippen molar-refractivity contribution in [2.75, 3.05) is 13.1 Å². The fourth-order valence-electron chi connectivity index (χ4n) is 3.30. The molecule has 2 heteroatoms. The number of rotatable bonds is 1. The van der Waals surface area contributed by atoms with Crippen molar-refractivity contribution in [1.82, 2.24) is 4.90 Å². The first-order chi connectivity index (χ1) is 8.06. The standard InChI is InChI=1S/C15H23NO/c1-4-5-14(17)16-8-6-15(7-9-16)10-13(11-15)12(2)3/h12-13H,6-11H2,1-3H3. The summed E-state index contributed by atoms with van der Waals surface area (Å²) in [5, 5.41) is 0. The molecule has 0 atom stereocenters. The molecule has 1 aliphatic heterocycles. The summed E-state index contributed by atoms with van der Waals surface area (Å²) in [5.41, 5.74) is 0.575. The maximum atomic E-state index is 11.6. The molecule has 1 aliphatic carbocycles. The maximum absolute atomic E-state index is 11.6. The van der Waals surface area contributed by atoms with E-state index in [4.69, 9.17) is 0 Å². The van der Waals surface area contributed by atoms with Gasteiger partial charge in [-0.05, 0) is 55.8 Å². The van der Waals surface area contributed by atoms with Crippen molar-refractivity contribution >= 4 is 5.91 Å². The molecule has 0 bridgehead atoms. The van der Waals surface area contributed by atoms with Crippen molar-refractivity contribution in [3.63, 3.8) is 0 Å². The predicted octanol–water partition coefficient (Wildman–Crippen LogP) is 2.68. The molecule has 2 nitrogen and oxygen atoms in total. The molecule has 0 radical (unpaired) electrons. The average Bonchev–Trinajstić information content (AvgIpc) is 2.26. The number of hydrogen-bond donors (Lipinski definition) is 0. The third-order valence-electron chi connectivity index (χ3n) is 4.68. The number of amides is 1. The highest BCUT2D eigenvalue weighted by molar-refractivity contribution is 5.93. The lowest BCUT2D eigenvalue weighted by Gasteiger charge is -2.53. The van der Waals surface area contributed by atoms with Crippen molar-refractivity contribution in [2.45, 2.75) is 46.5 Å². The minimum absolute atomic E-state index is 0.0158. The molecule has 94 valence electrons. The van der Waals surface area contributed by atoms with Crippen LogP contribution < -0.4 is 0 Å². The molecular weight excluding hydrogens is 210 g/mol. The van der Waals surface area contributed by atoms with E-state index in [1.165, 1.54) is 25.7 Å². The second-order valence-electron chi connectivity index (χ2n) is 6.08. The zero-order valence-electron chi connectivity index (χ0n) is 11.3. The molecular formula is C15H23NO.